The molecule has 1 heterocycles. The van der Waals surface area contributed by atoms with E-state index in [9.17, 15) is 9.90 Å². The van der Waals surface area contributed by atoms with Crippen LogP contribution in [0.1, 0.15) is 17.3 Å². The molecule has 0 fully saturated rings. The van der Waals surface area contributed by atoms with E-state index < -0.39 is 5.97 Å². The van der Waals surface area contributed by atoms with Crippen LogP contribution in [0.25, 0.3) is 0 Å². The molecule has 1 atom stereocenters. The van der Waals surface area contributed by atoms with Gasteiger partial charge in [0.2, 0.25) is 0 Å². The summed E-state index contributed by atoms with van der Waals surface area (Å²) in [6.45, 7) is 0. The van der Waals surface area contributed by atoms with E-state index in [4.69, 9.17) is 0 Å². The number of nitrogens with one attached hydrogen (secondary N) is 1. The van der Waals surface area contributed by atoms with E-state index in [1.54, 1.807) is 12.1 Å². The Morgan fingerprint density at radius 1 is 1.15 bits per heavy atom. The van der Waals surface area contributed by atoms with Crippen LogP contribution in [0.2, 0.25) is 0 Å². The summed E-state index contributed by atoms with van der Waals surface area (Å²) in [7, 11) is 0. The fourth-order valence-electron chi connectivity index (χ4n) is 2.17. The van der Waals surface area contributed by atoms with E-state index in [0.29, 0.717) is 5.56 Å². The van der Waals surface area contributed by atoms with Crippen LogP contribution < -0.4 is 5.32 Å². The minimum Gasteiger partial charge on any atom is -0.477 e. The summed E-state index contributed by atoms with van der Waals surface area (Å²) < 4.78 is 0.972. The molecule has 0 spiro atoms. The Morgan fingerprint density at radius 3 is 2.55 bits per heavy atom. The summed E-state index contributed by atoms with van der Waals surface area (Å²) in [6, 6.07) is 14.9. The summed E-state index contributed by atoms with van der Waals surface area (Å²) in [6.07, 6.45) is -0.385. The third-order valence-corrected chi connectivity index (χ3v) is 3.65. The number of benzene rings is 2. The summed E-state index contributed by atoms with van der Waals surface area (Å²) in [5.74, 6) is -1.01. The second-order valence-corrected chi connectivity index (χ2v) is 5.34. The Labute approximate surface area is 124 Å². The summed E-state index contributed by atoms with van der Waals surface area (Å²) in [4.78, 5) is 15.7. The van der Waals surface area contributed by atoms with Gasteiger partial charge in [0.15, 0.2) is 5.71 Å². The molecule has 0 aliphatic carbocycles. The molecule has 2 N–H and O–H groups in total. The highest BCUT2D eigenvalue weighted by molar-refractivity contribution is 9.10. The minimum absolute atomic E-state index is 0.0901. The van der Waals surface area contributed by atoms with E-state index in [1.807, 2.05) is 36.4 Å². The van der Waals surface area contributed by atoms with Crippen molar-refractivity contribution in [2.45, 2.75) is 6.17 Å². The lowest BCUT2D eigenvalue weighted by Gasteiger charge is -2.24. The Balaban J connectivity index is 2.06. The number of rotatable bonds is 2. The van der Waals surface area contributed by atoms with Crippen molar-refractivity contribution >= 4 is 33.3 Å². The van der Waals surface area contributed by atoms with Crippen LogP contribution in [0.3, 0.4) is 0 Å². The molecule has 0 radical (unpaired) electrons. The minimum atomic E-state index is -1.01. The van der Waals surface area contributed by atoms with E-state index in [2.05, 4.69) is 26.2 Å². The number of hydrogen-bond acceptors (Lipinski definition) is 3. The molecule has 2 aromatic carbocycles. The van der Waals surface area contributed by atoms with E-state index in [1.165, 1.54) is 0 Å². The van der Waals surface area contributed by atoms with E-state index in [0.717, 1.165) is 15.7 Å². The zero-order valence-corrected chi connectivity index (χ0v) is 12.0. The van der Waals surface area contributed by atoms with Crippen LogP contribution in [-0.4, -0.2) is 16.8 Å². The zero-order valence-electron chi connectivity index (χ0n) is 10.4. The highest BCUT2D eigenvalue weighted by Crippen LogP contribution is 2.30. The van der Waals surface area contributed by atoms with Gasteiger partial charge in [-0.05, 0) is 23.8 Å². The normalized spacial score (nSPS) is 16.9. The van der Waals surface area contributed by atoms with Crippen LogP contribution in [0.5, 0.6) is 0 Å². The van der Waals surface area contributed by atoms with Crippen molar-refractivity contribution in [3.8, 4) is 0 Å². The number of aliphatic carboxylic acids is 1. The number of nitrogens with zero attached hydrogens (tertiary/aromatic N) is 1. The first-order chi connectivity index (χ1) is 9.65. The molecular formula is C15H11BrN2O2. The van der Waals surface area contributed by atoms with Crippen molar-refractivity contribution < 1.29 is 9.90 Å². The SMILES string of the molecule is O=C(O)C1=NC(c2ccc(Br)cc2)Nc2ccccc21. The number of carbonyl (C=O) groups is 1. The second-order valence-electron chi connectivity index (χ2n) is 4.43. The zero-order chi connectivity index (χ0) is 14.1. The standard InChI is InChI=1S/C15H11BrN2O2/c16-10-7-5-9(6-8-10)14-17-12-4-2-1-3-11(12)13(18-14)15(19)20/h1-8,14,17H,(H,19,20). The molecule has 1 aliphatic rings. The molecule has 20 heavy (non-hydrogen) atoms. The van der Waals surface area contributed by atoms with Gasteiger partial charge in [-0.15, -0.1) is 0 Å². The molecule has 3 rings (SSSR count). The lowest BCUT2D eigenvalue weighted by atomic mass is 10.0. The fourth-order valence-corrected chi connectivity index (χ4v) is 2.43. The maximum atomic E-state index is 11.4. The van der Waals surface area contributed by atoms with Crippen molar-refractivity contribution in [1.29, 1.82) is 0 Å². The molecule has 0 bridgehead atoms. The first-order valence-corrected chi connectivity index (χ1v) is 6.87. The van der Waals surface area contributed by atoms with Crippen molar-refractivity contribution in [1.82, 2.24) is 0 Å². The number of halogens is 1. The quantitative estimate of drug-likeness (QED) is 0.886. The first-order valence-electron chi connectivity index (χ1n) is 6.07. The van der Waals surface area contributed by atoms with Gasteiger partial charge in [0, 0.05) is 15.7 Å². The molecule has 0 saturated carbocycles. The first kappa shape index (κ1) is 12.9. The van der Waals surface area contributed by atoms with E-state index in [-0.39, 0.29) is 11.9 Å². The lowest BCUT2D eigenvalue weighted by molar-refractivity contribution is -0.129. The van der Waals surface area contributed by atoms with E-state index >= 15 is 0 Å². The number of hydrogen-bond donors (Lipinski definition) is 2. The number of fused-ring (bicyclic) bond motifs is 1. The third-order valence-electron chi connectivity index (χ3n) is 3.12. The van der Waals surface area contributed by atoms with Gasteiger partial charge in [-0.2, -0.15) is 0 Å². The predicted octanol–water partition coefficient (Wildman–Crippen LogP) is 3.45. The fraction of sp³-hybridized carbons (Fsp3) is 0.0667. The Hall–Kier alpha value is -2.14. The maximum Gasteiger partial charge on any atom is 0.354 e. The van der Waals surface area contributed by atoms with Gasteiger partial charge >= 0.3 is 5.97 Å². The van der Waals surface area contributed by atoms with Crippen LogP contribution in [-0.2, 0) is 4.79 Å². The average Bonchev–Trinajstić information content (AvgIpc) is 2.46. The molecule has 0 amide bonds. The highest BCUT2D eigenvalue weighted by atomic mass is 79.9. The van der Waals surface area contributed by atoms with Crippen molar-refractivity contribution in [3.05, 3.63) is 64.1 Å². The smallest absolute Gasteiger partial charge is 0.354 e. The number of carboxylic acids is 1. The Kier molecular flexibility index (Phi) is 3.28. The number of aliphatic imine (C=N–C) groups is 1. The topological polar surface area (TPSA) is 61.7 Å². The van der Waals surface area contributed by atoms with Gasteiger partial charge in [0.05, 0.1) is 0 Å². The molecule has 0 aromatic heterocycles. The van der Waals surface area contributed by atoms with Crippen molar-refractivity contribution in [2.24, 2.45) is 4.99 Å². The number of anilines is 1. The monoisotopic (exact) mass is 330 g/mol. The highest BCUT2D eigenvalue weighted by Gasteiger charge is 2.25. The number of carboxylic acid groups (broad SMARTS) is 1. The van der Waals surface area contributed by atoms with Crippen LogP contribution in [0.4, 0.5) is 5.69 Å². The van der Waals surface area contributed by atoms with Gasteiger partial charge in [-0.1, -0.05) is 46.3 Å². The van der Waals surface area contributed by atoms with Gasteiger partial charge < -0.3 is 10.4 Å². The summed E-state index contributed by atoms with van der Waals surface area (Å²) in [5, 5.41) is 12.6. The van der Waals surface area contributed by atoms with Gasteiger partial charge in [0.1, 0.15) is 6.17 Å². The second kappa shape index (κ2) is 5.09. The van der Waals surface area contributed by atoms with Gasteiger partial charge in [-0.3, -0.25) is 0 Å². The molecule has 5 heteroatoms. The van der Waals surface area contributed by atoms with Crippen LogP contribution in [0, 0.1) is 0 Å². The summed E-state index contributed by atoms with van der Waals surface area (Å²) in [5.41, 5.74) is 2.41. The van der Waals surface area contributed by atoms with Crippen LogP contribution >= 0.6 is 15.9 Å². The van der Waals surface area contributed by atoms with Gasteiger partial charge in [0.25, 0.3) is 0 Å². The molecule has 1 aliphatic heterocycles. The maximum absolute atomic E-state index is 11.4. The molecular weight excluding hydrogens is 320 g/mol. The average molecular weight is 331 g/mol. The Bertz CT molecular complexity index is 695. The third kappa shape index (κ3) is 2.32. The molecule has 4 nitrogen and oxygen atoms in total. The molecule has 100 valence electrons. The molecule has 2 aromatic rings. The predicted molar refractivity (Wildman–Crippen MR) is 81.1 cm³/mol. The lowest BCUT2D eigenvalue weighted by Crippen LogP contribution is -2.25. The van der Waals surface area contributed by atoms with Crippen LogP contribution in [0.15, 0.2) is 58.0 Å². The largest absolute Gasteiger partial charge is 0.477 e. The summed E-state index contributed by atoms with van der Waals surface area (Å²) >= 11 is 3.38. The molecule has 0 saturated heterocycles. The molecule has 1 unspecified atom stereocenters. The van der Waals surface area contributed by atoms with Crippen molar-refractivity contribution in [2.75, 3.05) is 5.32 Å². The Morgan fingerprint density at radius 2 is 1.85 bits per heavy atom. The van der Waals surface area contributed by atoms with Gasteiger partial charge in [-0.25, -0.2) is 9.79 Å². The number of para-hydroxylation sites is 1. The van der Waals surface area contributed by atoms with Crippen molar-refractivity contribution in [3.63, 3.8) is 0 Å².